The minimum Gasteiger partial charge on any atom is -0.490 e. The third-order valence-electron chi connectivity index (χ3n) is 4.01. The Hall–Kier alpha value is -2.54. The number of nitrogens with zero attached hydrogens (tertiary/aromatic N) is 2. The van der Waals surface area contributed by atoms with Crippen molar-refractivity contribution in [2.45, 2.75) is 12.8 Å². The molecule has 1 heterocycles. The number of rotatable bonds is 10. The molecule has 0 bridgehead atoms. The molecule has 0 radical (unpaired) electrons. The minimum absolute atomic E-state index is 0.00626. The maximum Gasteiger partial charge on any atom is 0.264 e. The van der Waals surface area contributed by atoms with E-state index in [0.717, 1.165) is 0 Å². The highest BCUT2D eigenvalue weighted by atomic mass is 32.2. The highest BCUT2D eigenvalue weighted by Crippen LogP contribution is 2.32. The molecular weight excluding hydrogens is 436 g/mol. The zero-order valence-electron chi connectivity index (χ0n) is 15.8. The number of hydrogen-bond donors (Lipinski definition) is 2. The third-order valence-corrected chi connectivity index (χ3v) is 5.62. The van der Waals surface area contributed by atoms with Gasteiger partial charge in [-0.15, -0.1) is 0 Å². The van der Waals surface area contributed by atoms with E-state index in [1.807, 2.05) is 24.3 Å². The summed E-state index contributed by atoms with van der Waals surface area (Å²) >= 11 is 0. The van der Waals surface area contributed by atoms with Gasteiger partial charge in [-0.05, 0) is 25.0 Å². The first kappa shape index (κ1) is 22.2. The van der Waals surface area contributed by atoms with Crippen LogP contribution in [0.3, 0.4) is 0 Å². The molecule has 0 amide bonds. The van der Waals surface area contributed by atoms with Crippen LogP contribution in [0.25, 0.3) is 22.1 Å². The van der Waals surface area contributed by atoms with Gasteiger partial charge in [0.25, 0.3) is 20.2 Å². The van der Waals surface area contributed by atoms with Crippen LogP contribution < -0.4 is 9.47 Å². The molecule has 0 saturated heterocycles. The lowest BCUT2D eigenvalue weighted by Gasteiger charge is -2.14. The van der Waals surface area contributed by atoms with Crippen molar-refractivity contribution in [3.8, 4) is 11.5 Å². The van der Waals surface area contributed by atoms with Gasteiger partial charge >= 0.3 is 0 Å². The highest BCUT2D eigenvalue weighted by Gasteiger charge is 2.13. The average molecular weight is 456 g/mol. The van der Waals surface area contributed by atoms with Crippen molar-refractivity contribution in [3.05, 3.63) is 36.4 Å². The summed E-state index contributed by atoms with van der Waals surface area (Å²) in [5.74, 6) is -0.353. The number of benzene rings is 2. The Morgan fingerprint density at radius 3 is 1.47 bits per heavy atom. The maximum atomic E-state index is 10.9. The molecule has 0 aliphatic rings. The molecule has 1 aromatic heterocycles. The van der Waals surface area contributed by atoms with Crippen molar-refractivity contribution < 1.29 is 35.4 Å². The zero-order valence-corrected chi connectivity index (χ0v) is 17.4. The lowest BCUT2D eigenvalue weighted by molar-refractivity contribution is 0.268. The van der Waals surface area contributed by atoms with Crippen molar-refractivity contribution in [3.63, 3.8) is 0 Å². The van der Waals surface area contributed by atoms with E-state index in [9.17, 15) is 16.8 Å². The van der Waals surface area contributed by atoms with Gasteiger partial charge < -0.3 is 9.47 Å². The highest BCUT2D eigenvalue weighted by molar-refractivity contribution is 7.86. The van der Waals surface area contributed by atoms with Gasteiger partial charge in [0.2, 0.25) is 0 Å². The minimum atomic E-state index is -4.09. The SMILES string of the molecule is O=S(=O)(O)CCCOc1cc2nc3ccccc3nc2cc1OCCCS(=O)(=O)O. The van der Waals surface area contributed by atoms with Crippen LogP contribution >= 0.6 is 0 Å². The van der Waals surface area contributed by atoms with Gasteiger partial charge in [0.15, 0.2) is 11.5 Å². The van der Waals surface area contributed by atoms with E-state index in [1.165, 1.54) is 0 Å². The summed E-state index contributed by atoms with van der Waals surface area (Å²) in [4.78, 5) is 9.06. The van der Waals surface area contributed by atoms with E-state index >= 15 is 0 Å². The smallest absolute Gasteiger partial charge is 0.264 e. The second kappa shape index (κ2) is 9.08. The van der Waals surface area contributed by atoms with Gasteiger partial charge in [-0.1, -0.05) is 12.1 Å². The molecule has 162 valence electrons. The van der Waals surface area contributed by atoms with E-state index in [-0.39, 0.29) is 37.6 Å². The zero-order chi connectivity index (χ0) is 21.8. The summed E-state index contributed by atoms with van der Waals surface area (Å²) in [6.07, 6.45) is 0.116. The Morgan fingerprint density at radius 2 is 1.10 bits per heavy atom. The third kappa shape index (κ3) is 6.49. The van der Waals surface area contributed by atoms with E-state index in [0.29, 0.717) is 22.1 Å². The molecule has 0 atom stereocenters. The number of fused-ring (bicyclic) bond motifs is 2. The van der Waals surface area contributed by atoms with E-state index in [4.69, 9.17) is 18.6 Å². The van der Waals surface area contributed by atoms with Gasteiger partial charge in [0.05, 0.1) is 46.8 Å². The first-order chi connectivity index (χ1) is 14.1. The lowest BCUT2D eigenvalue weighted by Crippen LogP contribution is -2.10. The quantitative estimate of drug-likeness (QED) is 0.263. The summed E-state index contributed by atoms with van der Waals surface area (Å²) in [6, 6.07) is 10.5. The van der Waals surface area contributed by atoms with Gasteiger partial charge in [-0.2, -0.15) is 16.8 Å². The van der Waals surface area contributed by atoms with E-state index in [1.54, 1.807) is 12.1 Å². The Balaban J connectivity index is 1.85. The van der Waals surface area contributed by atoms with Crippen LogP contribution in [0.5, 0.6) is 11.5 Å². The van der Waals surface area contributed by atoms with Crippen molar-refractivity contribution in [1.29, 1.82) is 0 Å². The van der Waals surface area contributed by atoms with Crippen LogP contribution in [0, 0.1) is 0 Å². The fourth-order valence-corrected chi connectivity index (χ4v) is 3.67. The van der Waals surface area contributed by atoms with Crippen molar-refractivity contribution in [2.24, 2.45) is 0 Å². The summed E-state index contributed by atoms with van der Waals surface area (Å²) in [5.41, 5.74) is 2.43. The van der Waals surface area contributed by atoms with Gasteiger partial charge in [-0.25, -0.2) is 9.97 Å². The fourth-order valence-electron chi connectivity index (χ4n) is 2.70. The normalized spacial score (nSPS) is 12.3. The van der Waals surface area contributed by atoms with Crippen LogP contribution in [-0.2, 0) is 20.2 Å². The van der Waals surface area contributed by atoms with Crippen LogP contribution in [-0.4, -0.2) is 60.6 Å². The molecule has 2 aromatic carbocycles. The Kier molecular flexibility index (Phi) is 6.71. The maximum absolute atomic E-state index is 10.9. The van der Waals surface area contributed by atoms with Gasteiger partial charge in [0.1, 0.15) is 0 Å². The lowest BCUT2D eigenvalue weighted by atomic mass is 10.2. The van der Waals surface area contributed by atoms with Crippen LogP contribution in [0.2, 0.25) is 0 Å². The first-order valence-electron chi connectivity index (χ1n) is 8.97. The van der Waals surface area contributed by atoms with Gasteiger partial charge in [0, 0.05) is 12.1 Å². The molecule has 0 fully saturated rings. The Morgan fingerprint density at radius 1 is 0.700 bits per heavy atom. The number of ether oxygens (including phenoxy) is 2. The second-order valence-corrected chi connectivity index (χ2v) is 9.62. The van der Waals surface area contributed by atoms with Crippen LogP contribution in [0.15, 0.2) is 36.4 Å². The monoisotopic (exact) mass is 456 g/mol. The van der Waals surface area contributed by atoms with Gasteiger partial charge in [-0.3, -0.25) is 9.11 Å². The number of hydrogen-bond acceptors (Lipinski definition) is 8. The molecule has 2 N–H and O–H groups in total. The molecule has 0 saturated carbocycles. The molecule has 0 spiro atoms. The summed E-state index contributed by atoms with van der Waals surface area (Å²) in [7, 11) is -8.19. The molecule has 3 aromatic rings. The number of aromatic nitrogens is 2. The molecule has 10 nitrogen and oxygen atoms in total. The summed E-state index contributed by atoms with van der Waals surface area (Å²) < 4.78 is 72.3. The first-order valence-corrected chi connectivity index (χ1v) is 12.2. The molecule has 0 aliphatic carbocycles. The molecule has 3 rings (SSSR count). The predicted molar refractivity (Wildman–Crippen MR) is 110 cm³/mol. The van der Waals surface area contributed by atoms with E-state index < -0.39 is 31.7 Å². The van der Waals surface area contributed by atoms with Crippen molar-refractivity contribution in [1.82, 2.24) is 9.97 Å². The van der Waals surface area contributed by atoms with Crippen LogP contribution in [0.4, 0.5) is 0 Å². The molecule has 12 heteroatoms. The second-order valence-electron chi connectivity index (χ2n) is 6.48. The number of para-hydroxylation sites is 2. The molecular formula is C18H20N2O8S2. The van der Waals surface area contributed by atoms with Crippen molar-refractivity contribution >= 4 is 42.3 Å². The van der Waals surface area contributed by atoms with Crippen molar-refractivity contribution in [2.75, 3.05) is 24.7 Å². The fraction of sp³-hybridized carbons (Fsp3) is 0.333. The molecule has 30 heavy (non-hydrogen) atoms. The molecule has 0 aliphatic heterocycles. The topological polar surface area (TPSA) is 153 Å². The standard InChI is InChI=1S/C18H20N2O8S2/c21-29(22,23)9-3-7-27-17-11-15-16(20-14-6-2-1-5-13(14)19-15)12-18(17)28-8-4-10-30(24,25)26/h1-2,5-6,11-12H,3-4,7-10H2,(H,21,22,23)(H,24,25,26). The predicted octanol–water partition coefficient (Wildman–Crippen LogP) is 2.10. The average Bonchev–Trinajstić information content (AvgIpc) is 2.65. The summed E-state index contributed by atoms with van der Waals surface area (Å²) in [6.45, 7) is -0.0125. The Labute approximate surface area is 173 Å². The summed E-state index contributed by atoms with van der Waals surface area (Å²) in [5, 5.41) is 0. The van der Waals surface area contributed by atoms with E-state index in [2.05, 4.69) is 9.97 Å². The van der Waals surface area contributed by atoms with Crippen LogP contribution in [0.1, 0.15) is 12.8 Å². The largest absolute Gasteiger partial charge is 0.490 e. The Bertz CT molecular complexity index is 1160. The molecule has 0 unspecified atom stereocenters.